The van der Waals surface area contributed by atoms with E-state index >= 15 is 0 Å². The first-order chi connectivity index (χ1) is 13.1. The molecule has 0 aliphatic carbocycles. The Labute approximate surface area is 155 Å². The van der Waals surface area contributed by atoms with Gasteiger partial charge in [-0.05, 0) is 18.2 Å². The predicted molar refractivity (Wildman–Crippen MR) is 102 cm³/mol. The zero-order chi connectivity index (χ0) is 18.8. The van der Waals surface area contributed by atoms with Crippen LogP contribution in [0.2, 0.25) is 0 Å². The average Bonchev–Trinajstić information content (AvgIpc) is 2.69. The van der Waals surface area contributed by atoms with Crippen LogP contribution in [0.4, 0.5) is 11.4 Å². The highest BCUT2D eigenvalue weighted by molar-refractivity contribution is 5.53. The zero-order valence-corrected chi connectivity index (χ0v) is 14.7. The van der Waals surface area contributed by atoms with Crippen molar-refractivity contribution in [2.75, 3.05) is 31.1 Å². The summed E-state index contributed by atoms with van der Waals surface area (Å²) in [5, 5.41) is 11.0. The van der Waals surface area contributed by atoms with E-state index in [1.807, 2.05) is 24.3 Å². The number of non-ortho nitro benzene ring substituents is 1. The number of anilines is 1. The zero-order valence-electron chi connectivity index (χ0n) is 14.7. The molecule has 0 unspecified atom stereocenters. The van der Waals surface area contributed by atoms with Gasteiger partial charge in [-0.3, -0.25) is 24.2 Å². The van der Waals surface area contributed by atoms with E-state index in [1.54, 1.807) is 24.4 Å². The Morgan fingerprint density at radius 3 is 2.63 bits per heavy atom. The third kappa shape index (κ3) is 3.65. The Hall–Kier alpha value is -3.26. The van der Waals surface area contributed by atoms with E-state index in [-0.39, 0.29) is 16.2 Å². The van der Waals surface area contributed by atoms with Crippen molar-refractivity contribution in [1.29, 1.82) is 0 Å². The normalized spacial score (nSPS) is 15.2. The molecule has 0 bridgehead atoms. The second-order valence-corrected chi connectivity index (χ2v) is 6.55. The van der Waals surface area contributed by atoms with Crippen LogP contribution in [0.3, 0.4) is 0 Å². The number of nitro benzene ring substituents is 1. The fourth-order valence-corrected chi connectivity index (χ4v) is 3.38. The topological polar surface area (TPSA) is 84.0 Å². The van der Waals surface area contributed by atoms with Crippen LogP contribution in [0.5, 0.6) is 0 Å². The monoisotopic (exact) mass is 365 g/mol. The highest BCUT2D eigenvalue weighted by Gasteiger charge is 2.19. The third-order valence-corrected chi connectivity index (χ3v) is 4.79. The van der Waals surface area contributed by atoms with Crippen LogP contribution in [0.25, 0.3) is 5.65 Å². The lowest BCUT2D eigenvalue weighted by Gasteiger charge is -2.35. The second-order valence-electron chi connectivity index (χ2n) is 6.55. The van der Waals surface area contributed by atoms with Gasteiger partial charge < -0.3 is 4.90 Å². The maximum atomic E-state index is 12.2. The molecule has 8 heteroatoms. The van der Waals surface area contributed by atoms with Crippen molar-refractivity contribution in [2.45, 2.75) is 6.54 Å². The van der Waals surface area contributed by atoms with Crippen LogP contribution >= 0.6 is 0 Å². The van der Waals surface area contributed by atoms with E-state index in [4.69, 9.17) is 0 Å². The van der Waals surface area contributed by atoms with E-state index in [2.05, 4.69) is 14.8 Å². The van der Waals surface area contributed by atoms with Gasteiger partial charge >= 0.3 is 0 Å². The molecule has 27 heavy (non-hydrogen) atoms. The maximum Gasteiger partial charge on any atom is 0.271 e. The Balaban J connectivity index is 1.43. The molecule has 0 spiro atoms. The van der Waals surface area contributed by atoms with E-state index < -0.39 is 0 Å². The highest BCUT2D eigenvalue weighted by Crippen LogP contribution is 2.22. The Morgan fingerprint density at radius 2 is 1.85 bits per heavy atom. The molecule has 0 amide bonds. The van der Waals surface area contributed by atoms with Crippen LogP contribution in [0.1, 0.15) is 5.69 Å². The van der Waals surface area contributed by atoms with Gasteiger partial charge in [0.15, 0.2) is 0 Å². The van der Waals surface area contributed by atoms with E-state index in [0.29, 0.717) is 12.2 Å². The second kappa shape index (κ2) is 7.16. The Morgan fingerprint density at radius 1 is 1.04 bits per heavy atom. The number of fused-ring (bicyclic) bond motifs is 1. The molecule has 138 valence electrons. The minimum absolute atomic E-state index is 0.0779. The van der Waals surface area contributed by atoms with Gasteiger partial charge in [-0.25, -0.2) is 4.98 Å². The molecule has 2 aromatic heterocycles. The molecule has 1 fully saturated rings. The molecule has 1 aliphatic rings. The summed E-state index contributed by atoms with van der Waals surface area (Å²) >= 11 is 0. The molecule has 0 N–H and O–H groups in total. The van der Waals surface area contributed by atoms with Crippen molar-refractivity contribution in [2.24, 2.45) is 0 Å². The lowest BCUT2D eigenvalue weighted by Crippen LogP contribution is -2.46. The number of piperazine rings is 1. The molecule has 0 atom stereocenters. The number of pyridine rings is 1. The summed E-state index contributed by atoms with van der Waals surface area (Å²) in [7, 11) is 0. The van der Waals surface area contributed by atoms with Gasteiger partial charge in [0.25, 0.3) is 11.2 Å². The number of nitro groups is 1. The van der Waals surface area contributed by atoms with Crippen LogP contribution in [-0.2, 0) is 6.54 Å². The number of rotatable bonds is 4. The number of hydrogen-bond acceptors (Lipinski definition) is 6. The van der Waals surface area contributed by atoms with Crippen molar-refractivity contribution in [1.82, 2.24) is 14.3 Å². The average molecular weight is 365 g/mol. The molecular formula is C19H19N5O3. The first-order valence-corrected chi connectivity index (χ1v) is 8.79. The largest absolute Gasteiger partial charge is 0.369 e. The number of nitrogens with zero attached hydrogens (tertiary/aromatic N) is 5. The van der Waals surface area contributed by atoms with Crippen molar-refractivity contribution in [3.05, 3.63) is 80.9 Å². The summed E-state index contributed by atoms with van der Waals surface area (Å²) in [6.07, 6.45) is 1.71. The highest BCUT2D eigenvalue weighted by atomic mass is 16.6. The Bertz CT molecular complexity index is 1040. The molecule has 4 rings (SSSR count). The molecule has 8 nitrogen and oxygen atoms in total. The van der Waals surface area contributed by atoms with Gasteiger partial charge in [0, 0.05) is 62.8 Å². The van der Waals surface area contributed by atoms with Crippen LogP contribution in [0.15, 0.2) is 59.5 Å². The molecule has 1 aliphatic heterocycles. The number of aromatic nitrogens is 2. The fourth-order valence-electron chi connectivity index (χ4n) is 3.38. The molecule has 3 aromatic rings. The molecule has 1 aromatic carbocycles. The first kappa shape index (κ1) is 17.2. The fraction of sp³-hybridized carbons (Fsp3) is 0.263. The molecule has 1 saturated heterocycles. The summed E-state index contributed by atoms with van der Waals surface area (Å²) in [4.78, 5) is 31.8. The van der Waals surface area contributed by atoms with Crippen molar-refractivity contribution in [3.8, 4) is 0 Å². The molecule has 3 heterocycles. The summed E-state index contributed by atoms with van der Waals surface area (Å²) in [6.45, 7) is 3.77. The van der Waals surface area contributed by atoms with E-state index in [1.165, 1.54) is 10.5 Å². The maximum absolute atomic E-state index is 12.2. The number of benzene rings is 1. The van der Waals surface area contributed by atoms with E-state index in [9.17, 15) is 14.9 Å². The molecular weight excluding hydrogens is 346 g/mol. The van der Waals surface area contributed by atoms with Crippen molar-refractivity contribution in [3.63, 3.8) is 0 Å². The van der Waals surface area contributed by atoms with Crippen molar-refractivity contribution < 1.29 is 4.92 Å². The molecule has 0 radical (unpaired) electrons. The lowest BCUT2D eigenvalue weighted by molar-refractivity contribution is -0.384. The van der Waals surface area contributed by atoms with Gasteiger partial charge in [-0.2, -0.15) is 0 Å². The van der Waals surface area contributed by atoms with Crippen molar-refractivity contribution >= 4 is 17.0 Å². The van der Waals surface area contributed by atoms with Gasteiger partial charge in [-0.1, -0.05) is 12.1 Å². The minimum Gasteiger partial charge on any atom is -0.369 e. The SMILES string of the molecule is O=c1cc(CN2CCN(c3cccc([N+](=O)[O-])c3)CC2)nc2ccccn12. The smallest absolute Gasteiger partial charge is 0.271 e. The first-order valence-electron chi connectivity index (χ1n) is 8.79. The quantitative estimate of drug-likeness (QED) is 0.519. The number of hydrogen-bond donors (Lipinski definition) is 0. The standard InChI is InChI=1S/C19H19N5O3/c25-19-12-15(20-18-6-1-2-7-23(18)19)14-21-8-10-22(11-9-21)16-4-3-5-17(13-16)24(26)27/h1-7,12-13H,8-11,14H2. The van der Waals surface area contributed by atoms with Crippen LogP contribution in [-0.4, -0.2) is 45.4 Å². The van der Waals surface area contributed by atoms with Crippen LogP contribution < -0.4 is 10.5 Å². The lowest BCUT2D eigenvalue weighted by atomic mass is 10.2. The minimum atomic E-state index is -0.371. The van der Waals surface area contributed by atoms with Gasteiger partial charge in [0.05, 0.1) is 10.6 Å². The van der Waals surface area contributed by atoms with Gasteiger partial charge in [0.2, 0.25) is 0 Å². The summed E-state index contributed by atoms with van der Waals surface area (Å²) in [5.74, 6) is 0. The van der Waals surface area contributed by atoms with E-state index in [0.717, 1.165) is 37.6 Å². The summed E-state index contributed by atoms with van der Waals surface area (Å²) in [5.41, 5.74) is 2.30. The summed E-state index contributed by atoms with van der Waals surface area (Å²) < 4.78 is 1.53. The molecule has 0 saturated carbocycles. The Kier molecular flexibility index (Phi) is 4.55. The van der Waals surface area contributed by atoms with Gasteiger partial charge in [0.1, 0.15) is 5.65 Å². The van der Waals surface area contributed by atoms with Gasteiger partial charge in [-0.15, -0.1) is 0 Å². The predicted octanol–water partition coefficient (Wildman–Crippen LogP) is 1.92. The third-order valence-electron chi connectivity index (χ3n) is 4.79. The van der Waals surface area contributed by atoms with Crippen LogP contribution in [0, 0.1) is 10.1 Å². The summed E-state index contributed by atoms with van der Waals surface area (Å²) in [6, 6.07) is 13.8.